The maximum atomic E-state index is 14.2. The summed E-state index contributed by atoms with van der Waals surface area (Å²) < 4.78 is 11.6. The van der Waals surface area contributed by atoms with Gasteiger partial charge in [-0.2, -0.15) is 0 Å². The Labute approximate surface area is 365 Å². The number of halogens is 4. The SMILES string of the molecule is CCCCCCCCCCCCOC(=O)c1ccccc1OC(C)C(=O)Nc1ccccc1SC1C(=O)N(c2c(Cl)cc(Cl)cc2Cl)NC1=Nc1cc(C)ccc1Cl. The molecule has 0 saturated carbocycles. The Morgan fingerprint density at radius 1 is 0.845 bits per heavy atom. The summed E-state index contributed by atoms with van der Waals surface area (Å²) in [6.45, 7) is 6.04. The number of hydrazine groups is 1. The van der Waals surface area contributed by atoms with Gasteiger partial charge in [0.1, 0.15) is 28.1 Å². The second kappa shape index (κ2) is 22.4. The van der Waals surface area contributed by atoms with Gasteiger partial charge in [-0.15, -0.1) is 11.8 Å². The summed E-state index contributed by atoms with van der Waals surface area (Å²) in [5.74, 6) is -0.902. The van der Waals surface area contributed by atoms with Crippen LogP contribution in [0.4, 0.5) is 17.1 Å². The first-order valence-electron chi connectivity index (χ1n) is 19.6. The fourth-order valence-electron chi connectivity index (χ4n) is 6.25. The van der Waals surface area contributed by atoms with Crippen LogP contribution in [0.25, 0.3) is 0 Å². The van der Waals surface area contributed by atoms with Gasteiger partial charge in [-0.25, -0.2) is 14.8 Å². The molecule has 1 fully saturated rings. The van der Waals surface area contributed by atoms with Crippen LogP contribution in [-0.2, 0) is 14.3 Å². The van der Waals surface area contributed by atoms with Crippen LogP contribution >= 0.6 is 58.2 Å². The van der Waals surface area contributed by atoms with Crippen LogP contribution in [0.2, 0.25) is 20.1 Å². The zero-order chi connectivity index (χ0) is 41.6. The molecule has 4 aromatic rings. The highest BCUT2D eigenvalue weighted by atomic mass is 35.5. The van der Waals surface area contributed by atoms with E-state index in [-0.39, 0.29) is 32.9 Å². The zero-order valence-electron chi connectivity index (χ0n) is 32.8. The van der Waals surface area contributed by atoms with Crippen molar-refractivity contribution in [1.82, 2.24) is 5.43 Å². The number of rotatable bonds is 20. The maximum absolute atomic E-state index is 14.2. The topological polar surface area (TPSA) is 109 Å². The molecule has 14 heteroatoms. The number of aryl methyl sites for hydroxylation is 1. The maximum Gasteiger partial charge on any atom is 0.341 e. The van der Waals surface area contributed by atoms with Crippen molar-refractivity contribution < 1.29 is 23.9 Å². The van der Waals surface area contributed by atoms with E-state index >= 15 is 0 Å². The zero-order valence-corrected chi connectivity index (χ0v) is 36.6. The summed E-state index contributed by atoms with van der Waals surface area (Å²) >= 11 is 26.9. The lowest BCUT2D eigenvalue weighted by Gasteiger charge is -2.19. The van der Waals surface area contributed by atoms with Crippen molar-refractivity contribution in [2.24, 2.45) is 4.99 Å². The molecule has 2 amide bonds. The number of nitrogens with zero attached hydrogens (tertiary/aromatic N) is 2. The van der Waals surface area contributed by atoms with Gasteiger partial charge < -0.3 is 14.8 Å². The van der Waals surface area contributed by atoms with E-state index in [4.69, 9.17) is 60.9 Å². The summed E-state index contributed by atoms with van der Waals surface area (Å²) in [6.07, 6.45) is 10.8. The Hall–Kier alpha value is -3.93. The number of anilines is 2. The number of thioether (sulfide) groups is 1. The normalized spacial score (nSPS) is 15.0. The average molecular weight is 887 g/mol. The molecule has 58 heavy (non-hydrogen) atoms. The van der Waals surface area contributed by atoms with Crippen LogP contribution < -0.4 is 20.5 Å². The van der Waals surface area contributed by atoms with Gasteiger partial charge in [0, 0.05) is 9.92 Å². The number of amidine groups is 1. The first-order chi connectivity index (χ1) is 28.0. The predicted octanol–water partition coefficient (Wildman–Crippen LogP) is 12.8. The molecule has 0 aliphatic carbocycles. The van der Waals surface area contributed by atoms with E-state index in [1.54, 1.807) is 67.6 Å². The van der Waals surface area contributed by atoms with Gasteiger partial charge in [0.15, 0.2) is 6.10 Å². The highest BCUT2D eigenvalue weighted by molar-refractivity contribution is 8.01. The van der Waals surface area contributed by atoms with Crippen LogP contribution in [0, 0.1) is 6.92 Å². The Kier molecular flexibility index (Phi) is 17.5. The summed E-state index contributed by atoms with van der Waals surface area (Å²) in [6, 6.07) is 22.1. The molecular formula is C44H48Cl4N4O5S. The van der Waals surface area contributed by atoms with Crippen LogP contribution in [0.1, 0.15) is 94.0 Å². The molecular weight excluding hydrogens is 838 g/mol. The number of esters is 1. The van der Waals surface area contributed by atoms with Crippen molar-refractivity contribution in [1.29, 1.82) is 0 Å². The van der Waals surface area contributed by atoms with Crippen LogP contribution in [0.15, 0.2) is 88.8 Å². The van der Waals surface area contributed by atoms with Crippen molar-refractivity contribution >= 4 is 98.8 Å². The molecule has 1 aliphatic rings. The molecule has 0 bridgehead atoms. The van der Waals surface area contributed by atoms with Crippen molar-refractivity contribution in [2.75, 3.05) is 16.9 Å². The molecule has 1 heterocycles. The predicted molar refractivity (Wildman–Crippen MR) is 239 cm³/mol. The number of para-hydroxylation sites is 2. The molecule has 2 unspecified atom stereocenters. The number of nitrogens with one attached hydrogen (secondary N) is 2. The van der Waals surface area contributed by atoms with E-state index in [1.165, 1.54) is 62.1 Å². The summed E-state index contributed by atoms with van der Waals surface area (Å²) in [7, 11) is 0. The molecule has 9 nitrogen and oxygen atoms in total. The highest BCUT2D eigenvalue weighted by Crippen LogP contribution is 2.41. The Balaban J connectivity index is 1.24. The molecule has 0 aromatic heterocycles. The lowest BCUT2D eigenvalue weighted by molar-refractivity contribution is -0.122. The monoisotopic (exact) mass is 884 g/mol. The summed E-state index contributed by atoms with van der Waals surface area (Å²) in [5.41, 5.74) is 5.33. The molecule has 4 aromatic carbocycles. The van der Waals surface area contributed by atoms with Crippen molar-refractivity contribution in [3.8, 4) is 5.75 Å². The second-order valence-electron chi connectivity index (χ2n) is 14.0. The van der Waals surface area contributed by atoms with E-state index in [1.807, 2.05) is 13.0 Å². The third-order valence-corrected chi connectivity index (χ3v) is 11.8. The molecule has 0 spiro atoms. The standard InChI is InChI=1S/C44H48Cl4N4O5S/c1-4-5-6-7-8-9-10-11-12-17-24-56-44(55)31-18-13-15-20-37(31)57-29(3)42(53)50-35-19-14-16-21-38(35)58-40-41(49-36-25-28(2)22-23-32(36)46)51-52(43(40)54)39-33(47)26-30(45)27-34(39)48/h13-16,18-23,25-27,29,40H,4-12,17,24H2,1-3H3,(H,49,51)(H,50,53). The first-order valence-corrected chi connectivity index (χ1v) is 21.9. The molecule has 5 rings (SSSR count). The van der Waals surface area contributed by atoms with E-state index in [2.05, 4.69) is 17.7 Å². The Bertz CT molecular complexity index is 2080. The Morgan fingerprint density at radius 3 is 2.19 bits per heavy atom. The molecule has 2 atom stereocenters. The van der Waals surface area contributed by atoms with Gasteiger partial charge in [0.25, 0.3) is 11.8 Å². The van der Waals surface area contributed by atoms with Crippen LogP contribution in [-0.4, -0.2) is 41.6 Å². The number of hydrogen-bond donors (Lipinski definition) is 2. The van der Waals surface area contributed by atoms with Gasteiger partial charge in [-0.05, 0) is 74.4 Å². The number of unbranched alkanes of at least 4 members (excludes halogenated alkanes) is 9. The van der Waals surface area contributed by atoms with Gasteiger partial charge in [-0.1, -0.05) is 141 Å². The fraction of sp³-hybridized carbons (Fsp3) is 0.364. The second-order valence-corrected chi connectivity index (χ2v) is 16.8. The molecule has 308 valence electrons. The van der Waals surface area contributed by atoms with E-state index in [0.717, 1.165) is 36.6 Å². The van der Waals surface area contributed by atoms with E-state index in [9.17, 15) is 14.4 Å². The number of hydrogen-bond acceptors (Lipinski definition) is 7. The van der Waals surface area contributed by atoms with Crippen molar-refractivity contribution in [3.05, 3.63) is 110 Å². The average Bonchev–Trinajstić information content (AvgIpc) is 3.48. The van der Waals surface area contributed by atoms with Crippen molar-refractivity contribution in [3.63, 3.8) is 0 Å². The fourth-order valence-corrected chi connectivity index (χ4v) is 8.48. The number of carbonyl (C=O) groups excluding carboxylic acids is 3. The number of aliphatic imine (C=N–C) groups is 1. The smallest absolute Gasteiger partial charge is 0.341 e. The third-order valence-electron chi connectivity index (χ3n) is 9.37. The molecule has 0 radical (unpaired) electrons. The van der Waals surface area contributed by atoms with E-state index in [0.29, 0.717) is 32.9 Å². The molecule has 1 aliphatic heterocycles. The quantitative estimate of drug-likeness (QED) is 0.0672. The van der Waals surface area contributed by atoms with Crippen LogP contribution in [0.5, 0.6) is 5.75 Å². The van der Waals surface area contributed by atoms with Crippen molar-refractivity contribution in [2.45, 2.75) is 101 Å². The molecule has 2 N–H and O–H groups in total. The number of ether oxygens (including phenoxy) is 2. The van der Waals surface area contributed by atoms with E-state index < -0.39 is 29.1 Å². The number of amides is 2. The Morgan fingerprint density at radius 2 is 1.48 bits per heavy atom. The summed E-state index contributed by atoms with van der Waals surface area (Å²) in [4.78, 5) is 46.2. The van der Waals surface area contributed by atoms with Gasteiger partial charge in [-0.3, -0.25) is 15.0 Å². The van der Waals surface area contributed by atoms with Crippen LogP contribution in [0.3, 0.4) is 0 Å². The largest absolute Gasteiger partial charge is 0.480 e. The number of carbonyl (C=O) groups is 3. The lowest BCUT2D eigenvalue weighted by atomic mass is 10.1. The third kappa shape index (κ3) is 12.5. The minimum absolute atomic E-state index is 0.155. The lowest BCUT2D eigenvalue weighted by Crippen LogP contribution is -2.36. The number of benzene rings is 4. The van der Waals surface area contributed by atoms with Gasteiger partial charge >= 0.3 is 5.97 Å². The minimum Gasteiger partial charge on any atom is -0.480 e. The first kappa shape index (κ1) is 45.2. The molecule has 1 saturated heterocycles. The van der Waals surface area contributed by atoms with Gasteiger partial charge in [0.05, 0.1) is 33.0 Å². The highest BCUT2D eigenvalue weighted by Gasteiger charge is 2.41. The van der Waals surface area contributed by atoms with Gasteiger partial charge in [0.2, 0.25) is 0 Å². The minimum atomic E-state index is -1.01. The summed E-state index contributed by atoms with van der Waals surface area (Å²) in [5, 5.41) is 4.23.